The third-order valence-corrected chi connectivity index (χ3v) is 3.34. The molecule has 2 heterocycles. The first-order valence-electron chi connectivity index (χ1n) is 5.60. The molecule has 3 heteroatoms. The van der Waals surface area contributed by atoms with E-state index < -0.39 is 0 Å². The third kappa shape index (κ3) is 1.05. The molecule has 0 aliphatic carbocycles. The number of anilines is 1. The van der Waals surface area contributed by atoms with Crippen LogP contribution in [0.3, 0.4) is 0 Å². The van der Waals surface area contributed by atoms with Gasteiger partial charge < -0.3 is 15.7 Å². The summed E-state index contributed by atoms with van der Waals surface area (Å²) in [5.74, 6) is 0.707. The van der Waals surface area contributed by atoms with E-state index in [2.05, 4.69) is 40.3 Å². The first kappa shape index (κ1) is 8.70. The van der Waals surface area contributed by atoms with Crippen LogP contribution in [0.15, 0.2) is 42.6 Å². The molecule has 2 aromatic heterocycles. The van der Waals surface area contributed by atoms with Gasteiger partial charge in [-0.3, -0.25) is 0 Å². The van der Waals surface area contributed by atoms with Crippen LogP contribution in [-0.2, 0) is 0 Å². The van der Waals surface area contributed by atoms with Gasteiger partial charge in [0, 0.05) is 27.7 Å². The van der Waals surface area contributed by atoms with Gasteiger partial charge in [-0.2, -0.15) is 0 Å². The molecule has 0 fully saturated rings. The summed E-state index contributed by atoms with van der Waals surface area (Å²) in [7, 11) is 0. The Labute approximate surface area is 97.2 Å². The topological polar surface area (TPSA) is 57.6 Å². The van der Waals surface area contributed by atoms with Crippen LogP contribution in [0.5, 0.6) is 0 Å². The predicted molar refractivity (Wildman–Crippen MR) is 72.1 cm³/mol. The third-order valence-electron chi connectivity index (χ3n) is 3.34. The van der Waals surface area contributed by atoms with E-state index in [9.17, 15) is 0 Å². The number of H-pyrrole nitrogens is 2. The van der Waals surface area contributed by atoms with Crippen molar-refractivity contribution in [2.24, 2.45) is 0 Å². The first-order chi connectivity index (χ1) is 8.33. The second kappa shape index (κ2) is 2.83. The largest absolute Gasteiger partial charge is 0.385 e. The van der Waals surface area contributed by atoms with Gasteiger partial charge in [0.15, 0.2) is 0 Å². The minimum Gasteiger partial charge on any atom is -0.385 e. The van der Waals surface area contributed by atoms with Gasteiger partial charge >= 0.3 is 0 Å². The zero-order valence-electron chi connectivity index (χ0n) is 9.12. The Hall–Kier alpha value is -2.42. The molecule has 3 nitrogen and oxygen atoms in total. The Kier molecular flexibility index (Phi) is 1.45. The van der Waals surface area contributed by atoms with Gasteiger partial charge in [-0.25, -0.2) is 0 Å². The molecule has 82 valence electrons. The van der Waals surface area contributed by atoms with Crippen molar-refractivity contribution < 1.29 is 0 Å². The fourth-order valence-corrected chi connectivity index (χ4v) is 2.56. The number of aromatic amines is 2. The van der Waals surface area contributed by atoms with Gasteiger partial charge in [0.1, 0.15) is 5.82 Å². The summed E-state index contributed by atoms with van der Waals surface area (Å²) in [5.41, 5.74) is 8.10. The zero-order valence-corrected chi connectivity index (χ0v) is 9.12. The molecule has 4 N–H and O–H groups in total. The normalized spacial score (nSPS) is 11.8. The number of aromatic nitrogens is 2. The molecule has 17 heavy (non-hydrogen) atoms. The number of fused-ring (bicyclic) bond motifs is 5. The summed E-state index contributed by atoms with van der Waals surface area (Å²) in [6, 6.07) is 12.6. The second-order valence-corrected chi connectivity index (χ2v) is 4.36. The molecule has 4 aromatic rings. The smallest absolute Gasteiger partial charge is 0.101 e. The number of benzene rings is 2. The summed E-state index contributed by atoms with van der Waals surface area (Å²) in [6.45, 7) is 0. The van der Waals surface area contributed by atoms with Gasteiger partial charge in [0.25, 0.3) is 0 Å². The molecule has 0 aliphatic heterocycles. The van der Waals surface area contributed by atoms with E-state index >= 15 is 0 Å². The Morgan fingerprint density at radius 1 is 0.824 bits per heavy atom. The average Bonchev–Trinajstić information content (AvgIpc) is 2.92. The molecule has 2 aromatic carbocycles. The lowest BCUT2D eigenvalue weighted by Gasteiger charge is -2.01. The van der Waals surface area contributed by atoms with Crippen molar-refractivity contribution in [1.29, 1.82) is 0 Å². The highest BCUT2D eigenvalue weighted by atomic mass is 14.8. The maximum Gasteiger partial charge on any atom is 0.101 e. The minimum atomic E-state index is 0.707. The van der Waals surface area contributed by atoms with Crippen LogP contribution in [0.1, 0.15) is 0 Å². The number of hydrogen-bond donors (Lipinski definition) is 3. The quantitative estimate of drug-likeness (QED) is 0.419. The fourth-order valence-electron chi connectivity index (χ4n) is 2.56. The number of nitrogens with two attached hydrogens (primary N) is 1. The van der Waals surface area contributed by atoms with Crippen LogP contribution in [0.4, 0.5) is 5.82 Å². The molecule has 0 aliphatic rings. The van der Waals surface area contributed by atoms with Crippen LogP contribution >= 0.6 is 0 Å². The summed E-state index contributed by atoms with van der Waals surface area (Å²) < 4.78 is 0. The summed E-state index contributed by atoms with van der Waals surface area (Å²) in [5, 5.41) is 4.81. The van der Waals surface area contributed by atoms with Crippen molar-refractivity contribution in [2.75, 3.05) is 5.73 Å². The standard InChI is InChI=1S/C14H11N3/c15-12-7-9-2-4-10-11(14(9)17-12)3-1-8-5-6-16-13(8)10/h1-7,16-17H,15H2. The van der Waals surface area contributed by atoms with Crippen molar-refractivity contribution in [3.05, 3.63) is 42.6 Å². The van der Waals surface area contributed by atoms with Crippen LogP contribution in [0, 0.1) is 0 Å². The molecular weight excluding hydrogens is 210 g/mol. The van der Waals surface area contributed by atoms with E-state index in [-0.39, 0.29) is 0 Å². The molecule has 0 atom stereocenters. The molecule has 0 spiro atoms. The lowest BCUT2D eigenvalue weighted by atomic mass is 10.1. The molecule has 0 amide bonds. The van der Waals surface area contributed by atoms with Crippen LogP contribution < -0.4 is 5.73 Å². The lowest BCUT2D eigenvalue weighted by Crippen LogP contribution is -1.81. The molecular formula is C14H11N3. The Balaban J connectivity index is 2.33. The van der Waals surface area contributed by atoms with Gasteiger partial charge in [-0.1, -0.05) is 24.3 Å². The number of nitrogens with one attached hydrogen (secondary N) is 2. The number of hydrogen-bond acceptors (Lipinski definition) is 1. The Morgan fingerprint density at radius 2 is 1.59 bits per heavy atom. The average molecular weight is 221 g/mol. The Morgan fingerprint density at radius 3 is 2.47 bits per heavy atom. The van der Waals surface area contributed by atoms with Crippen molar-refractivity contribution in [3.8, 4) is 0 Å². The van der Waals surface area contributed by atoms with E-state index in [0.29, 0.717) is 5.82 Å². The number of nitrogen functional groups attached to an aromatic ring is 1. The lowest BCUT2D eigenvalue weighted by molar-refractivity contribution is 1.48. The van der Waals surface area contributed by atoms with Crippen molar-refractivity contribution in [1.82, 2.24) is 9.97 Å². The van der Waals surface area contributed by atoms with E-state index in [0.717, 1.165) is 10.9 Å². The molecule has 0 saturated carbocycles. The van der Waals surface area contributed by atoms with E-state index in [1.165, 1.54) is 21.7 Å². The van der Waals surface area contributed by atoms with E-state index in [1.54, 1.807) is 0 Å². The second-order valence-electron chi connectivity index (χ2n) is 4.36. The van der Waals surface area contributed by atoms with Crippen LogP contribution in [0.2, 0.25) is 0 Å². The molecule has 4 rings (SSSR count). The zero-order chi connectivity index (χ0) is 11.4. The Bertz CT molecular complexity index is 852. The van der Waals surface area contributed by atoms with Gasteiger partial charge in [-0.05, 0) is 12.1 Å². The maximum atomic E-state index is 5.81. The molecule has 0 bridgehead atoms. The summed E-state index contributed by atoms with van der Waals surface area (Å²) in [4.78, 5) is 6.51. The first-order valence-corrected chi connectivity index (χ1v) is 5.60. The monoisotopic (exact) mass is 221 g/mol. The summed E-state index contributed by atoms with van der Waals surface area (Å²) >= 11 is 0. The maximum absolute atomic E-state index is 5.81. The van der Waals surface area contributed by atoms with Crippen molar-refractivity contribution in [3.63, 3.8) is 0 Å². The van der Waals surface area contributed by atoms with E-state index in [4.69, 9.17) is 5.73 Å². The molecule has 0 unspecified atom stereocenters. The number of rotatable bonds is 0. The minimum absolute atomic E-state index is 0.707. The fraction of sp³-hybridized carbons (Fsp3) is 0. The van der Waals surface area contributed by atoms with Crippen LogP contribution in [-0.4, -0.2) is 9.97 Å². The molecule has 0 saturated heterocycles. The van der Waals surface area contributed by atoms with E-state index in [1.807, 2.05) is 12.3 Å². The highest BCUT2D eigenvalue weighted by molar-refractivity contribution is 6.15. The SMILES string of the molecule is Nc1cc2ccc3c(ccc4cc[nH]c43)c2[nH]1. The summed E-state index contributed by atoms with van der Waals surface area (Å²) in [6.07, 6.45) is 1.97. The van der Waals surface area contributed by atoms with Crippen molar-refractivity contribution >= 4 is 38.4 Å². The van der Waals surface area contributed by atoms with Gasteiger partial charge in [0.2, 0.25) is 0 Å². The van der Waals surface area contributed by atoms with Gasteiger partial charge in [0.05, 0.1) is 11.0 Å². The van der Waals surface area contributed by atoms with Crippen LogP contribution in [0.25, 0.3) is 32.6 Å². The van der Waals surface area contributed by atoms with Crippen molar-refractivity contribution in [2.45, 2.75) is 0 Å². The highest BCUT2D eigenvalue weighted by Crippen LogP contribution is 2.30. The predicted octanol–water partition coefficient (Wildman–Crippen LogP) is 3.38. The molecule has 0 radical (unpaired) electrons. The highest BCUT2D eigenvalue weighted by Gasteiger charge is 2.06. The van der Waals surface area contributed by atoms with Gasteiger partial charge in [-0.15, -0.1) is 0 Å².